The maximum absolute atomic E-state index is 9.52. The third-order valence-electron chi connectivity index (χ3n) is 3.38. The lowest BCUT2D eigenvalue weighted by Crippen LogP contribution is -2.38. The second kappa shape index (κ2) is 5.86. The van der Waals surface area contributed by atoms with Crippen LogP contribution in [0.5, 0.6) is 5.75 Å². The van der Waals surface area contributed by atoms with Gasteiger partial charge in [-0.2, -0.15) is 0 Å². The Hall–Kier alpha value is -1.56. The van der Waals surface area contributed by atoms with Crippen LogP contribution in [0.1, 0.15) is 25.7 Å². The minimum absolute atomic E-state index is 0.0794. The molecule has 0 saturated carbocycles. The Bertz CT molecular complexity index is 400. The van der Waals surface area contributed by atoms with E-state index in [4.69, 9.17) is 10.5 Å². The summed E-state index contributed by atoms with van der Waals surface area (Å²) < 4.78 is 5.29. The number of nitrogens with zero attached hydrogens (tertiary/aromatic N) is 3. The number of ether oxygens (including phenoxy) is 1. The van der Waals surface area contributed by atoms with E-state index in [0.717, 1.165) is 25.8 Å². The molecule has 0 bridgehead atoms. The number of hydrogen-bond donors (Lipinski definition) is 2. The van der Waals surface area contributed by atoms with Crippen molar-refractivity contribution in [2.24, 2.45) is 0 Å². The van der Waals surface area contributed by atoms with E-state index in [2.05, 4.69) is 14.9 Å². The van der Waals surface area contributed by atoms with Crippen LogP contribution in [-0.4, -0.2) is 41.4 Å². The van der Waals surface area contributed by atoms with Gasteiger partial charge in [-0.25, -0.2) is 9.97 Å². The first-order valence-corrected chi connectivity index (χ1v) is 6.30. The molecule has 1 aliphatic rings. The van der Waals surface area contributed by atoms with Gasteiger partial charge in [-0.05, 0) is 12.8 Å². The molecule has 100 valence electrons. The van der Waals surface area contributed by atoms with Crippen molar-refractivity contribution in [2.75, 3.05) is 30.9 Å². The van der Waals surface area contributed by atoms with E-state index in [1.807, 2.05) is 0 Å². The summed E-state index contributed by atoms with van der Waals surface area (Å²) in [6.07, 6.45) is 5.79. The first-order valence-electron chi connectivity index (χ1n) is 6.30. The summed E-state index contributed by atoms with van der Waals surface area (Å²) >= 11 is 0. The molecule has 0 aromatic carbocycles. The monoisotopic (exact) mass is 252 g/mol. The van der Waals surface area contributed by atoms with Gasteiger partial charge in [-0.15, -0.1) is 0 Å². The van der Waals surface area contributed by atoms with Crippen LogP contribution in [0.15, 0.2) is 6.33 Å². The highest BCUT2D eigenvalue weighted by atomic mass is 16.5. The molecule has 0 amide bonds. The van der Waals surface area contributed by atoms with Crippen molar-refractivity contribution < 1.29 is 9.84 Å². The maximum atomic E-state index is 9.52. The molecule has 18 heavy (non-hydrogen) atoms. The smallest absolute Gasteiger partial charge is 0.204 e. The molecular weight excluding hydrogens is 232 g/mol. The molecule has 0 radical (unpaired) electrons. The van der Waals surface area contributed by atoms with E-state index in [0.29, 0.717) is 17.4 Å². The summed E-state index contributed by atoms with van der Waals surface area (Å²) in [5, 5.41) is 9.52. The molecule has 1 saturated heterocycles. The van der Waals surface area contributed by atoms with Crippen molar-refractivity contribution in [2.45, 2.75) is 31.7 Å². The molecule has 0 spiro atoms. The number of aliphatic hydroxyl groups is 1. The fourth-order valence-corrected chi connectivity index (χ4v) is 2.42. The van der Waals surface area contributed by atoms with Crippen molar-refractivity contribution in [3.8, 4) is 5.75 Å². The minimum Gasteiger partial charge on any atom is -0.490 e. The van der Waals surface area contributed by atoms with E-state index in [9.17, 15) is 5.11 Å². The third-order valence-corrected chi connectivity index (χ3v) is 3.38. The number of aromatic nitrogens is 2. The highest BCUT2D eigenvalue weighted by molar-refractivity contribution is 5.63. The second-order valence-corrected chi connectivity index (χ2v) is 4.49. The van der Waals surface area contributed by atoms with Crippen LogP contribution in [-0.2, 0) is 0 Å². The molecule has 6 heteroatoms. The molecule has 2 heterocycles. The van der Waals surface area contributed by atoms with Crippen LogP contribution in [0, 0.1) is 0 Å². The first-order chi connectivity index (χ1) is 8.77. The molecule has 3 N–H and O–H groups in total. The summed E-state index contributed by atoms with van der Waals surface area (Å²) in [4.78, 5) is 10.3. The largest absolute Gasteiger partial charge is 0.490 e. The number of rotatable bonds is 3. The van der Waals surface area contributed by atoms with Crippen molar-refractivity contribution in [3.05, 3.63) is 6.33 Å². The van der Waals surface area contributed by atoms with Gasteiger partial charge < -0.3 is 20.5 Å². The highest BCUT2D eigenvalue weighted by Gasteiger charge is 2.25. The van der Waals surface area contributed by atoms with Crippen LogP contribution < -0.4 is 15.4 Å². The van der Waals surface area contributed by atoms with Crippen molar-refractivity contribution in [1.29, 1.82) is 0 Å². The van der Waals surface area contributed by atoms with Gasteiger partial charge in [0.15, 0.2) is 11.6 Å². The van der Waals surface area contributed by atoms with Crippen LogP contribution in [0.4, 0.5) is 11.6 Å². The fourth-order valence-electron chi connectivity index (χ4n) is 2.42. The lowest BCUT2D eigenvalue weighted by molar-refractivity contribution is 0.254. The van der Waals surface area contributed by atoms with Crippen LogP contribution in [0.3, 0.4) is 0 Å². The predicted molar refractivity (Wildman–Crippen MR) is 69.7 cm³/mol. The normalized spacial score (nSPS) is 20.6. The zero-order valence-electron chi connectivity index (χ0n) is 10.7. The Balaban J connectivity index is 2.35. The van der Waals surface area contributed by atoms with Crippen molar-refractivity contribution in [1.82, 2.24) is 9.97 Å². The van der Waals surface area contributed by atoms with Gasteiger partial charge in [0.2, 0.25) is 5.75 Å². The zero-order valence-corrected chi connectivity index (χ0v) is 10.7. The first kappa shape index (κ1) is 12.9. The molecule has 1 atom stereocenters. The molecule has 1 aliphatic heterocycles. The molecule has 1 aromatic heterocycles. The van der Waals surface area contributed by atoms with Crippen LogP contribution >= 0.6 is 0 Å². The Kier molecular flexibility index (Phi) is 4.19. The summed E-state index contributed by atoms with van der Waals surface area (Å²) in [6.45, 7) is 0.977. The third kappa shape index (κ3) is 2.48. The predicted octanol–water partition coefficient (Wildman–Crippen LogP) is 0.809. The zero-order chi connectivity index (χ0) is 13.0. The lowest BCUT2D eigenvalue weighted by Gasteiger charge is -2.30. The van der Waals surface area contributed by atoms with Crippen molar-refractivity contribution >= 4 is 11.6 Å². The van der Waals surface area contributed by atoms with E-state index in [-0.39, 0.29) is 12.6 Å². The van der Waals surface area contributed by atoms with Gasteiger partial charge in [0, 0.05) is 6.54 Å². The fraction of sp³-hybridized carbons (Fsp3) is 0.667. The standard InChI is InChI=1S/C12H20N4O2/c1-18-10-11(13)14-8-15-12(10)16-6-4-2-3-5-9(16)7-17/h8-9,17H,2-7H2,1H3,(H2,13,14,15). The lowest BCUT2D eigenvalue weighted by atomic mass is 10.1. The molecule has 6 nitrogen and oxygen atoms in total. The highest BCUT2D eigenvalue weighted by Crippen LogP contribution is 2.33. The molecule has 1 aromatic rings. The van der Waals surface area contributed by atoms with E-state index in [1.54, 1.807) is 7.11 Å². The van der Waals surface area contributed by atoms with Gasteiger partial charge >= 0.3 is 0 Å². The minimum atomic E-state index is 0.0794. The summed E-state index contributed by atoms with van der Waals surface area (Å²) in [5.41, 5.74) is 5.80. The Morgan fingerprint density at radius 2 is 2.28 bits per heavy atom. The molecule has 1 fully saturated rings. The second-order valence-electron chi connectivity index (χ2n) is 4.49. The van der Waals surface area contributed by atoms with Crippen molar-refractivity contribution in [3.63, 3.8) is 0 Å². The number of aliphatic hydroxyl groups excluding tert-OH is 1. The van der Waals surface area contributed by atoms with Gasteiger partial charge in [-0.3, -0.25) is 0 Å². The number of anilines is 2. The summed E-state index contributed by atoms with van der Waals surface area (Å²) in [7, 11) is 1.56. The Labute approximate surface area is 107 Å². The Morgan fingerprint density at radius 3 is 3.00 bits per heavy atom. The van der Waals surface area contributed by atoms with Crippen LogP contribution in [0.2, 0.25) is 0 Å². The average Bonchev–Trinajstić information content (AvgIpc) is 2.63. The maximum Gasteiger partial charge on any atom is 0.204 e. The van der Waals surface area contributed by atoms with E-state index >= 15 is 0 Å². The molecule has 1 unspecified atom stereocenters. The summed E-state index contributed by atoms with van der Waals surface area (Å²) in [6, 6.07) is 0.0794. The SMILES string of the molecule is COc1c(N)ncnc1N1CCCCCC1CO. The number of nitrogens with two attached hydrogens (primary N) is 1. The average molecular weight is 252 g/mol. The molecular formula is C12H20N4O2. The quantitative estimate of drug-likeness (QED) is 0.828. The van der Waals surface area contributed by atoms with Gasteiger partial charge in [0.05, 0.1) is 19.8 Å². The van der Waals surface area contributed by atoms with Crippen LogP contribution in [0.25, 0.3) is 0 Å². The van der Waals surface area contributed by atoms with Gasteiger partial charge in [0.1, 0.15) is 6.33 Å². The number of hydrogen-bond acceptors (Lipinski definition) is 6. The summed E-state index contributed by atoms with van der Waals surface area (Å²) in [5.74, 6) is 1.52. The Morgan fingerprint density at radius 1 is 1.44 bits per heavy atom. The number of nitrogen functional groups attached to an aromatic ring is 1. The van der Waals surface area contributed by atoms with E-state index in [1.165, 1.54) is 12.7 Å². The molecule has 2 rings (SSSR count). The molecule has 0 aliphatic carbocycles. The topological polar surface area (TPSA) is 84.5 Å². The van der Waals surface area contributed by atoms with E-state index < -0.39 is 0 Å². The van der Waals surface area contributed by atoms with Gasteiger partial charge in [0.25, 0.3) is 0 Å². The van der Waals surface area contributed by atoms with Gasteiger partial charge in [-0.1, -0.05) is 12.8 Å². The number of methoxy groups -OCH3 is 1.